The summed E-state index contributed by atoms with van der Waals surface area (Å²) < 4.78 is 0. The Balaban J connectivity index is 3.35. The van der Waals surface area contributed by atoms with Crippen LogP contribution in [0.15, 0.2) is 17.1 Å². The molecule has 0 aliphatic heterocycles. The van der Waals surface area contributed by atoms with Crippen molar-refractivity contribution >= 4 is 11.8 Å². The molecular formula is C9H9NO2. The first kappa shape index (κ1) is 8.50. The average molecular weight is 163 g/mol. The molecule has 3 heteroatoms. The molecule has 0 unspecified atom stereocenters. The maximum atomic E-state index is 9.97. The summed E-state index contributed by atoms with van der Waals surface area (Å²) in [5, 5.41) is 9.25. The van der Waals surface area contributed by atoms with Gasteiger partial charge in [-0.15, -0.1) is 0 Å². The second-order valence-corrected chi connectivity index (χ2v) is 2.56. The van der Waals surface area contributed by atoms with E-state index in [1.165, 1.54) is 12.1 Å². The predicted molar refractivity (Wildman–Crippen MR) is 45.4 cm³/mol. The van der Waals surface area contributed by atoms with Crippen molar-refractivity contribution in [2.24, 2.45) is 4.99 Å². The van der Waals surface area contributed by atoms with Crippen molar-refractivity contribution in [1.29, 1.82) is 0 Å². The van der Waals surface area contributed by atoms with Crippen LogP contribution in [0.25, 0.3) is 0 Å². The first-order chi connectivity index (χ1) is 5.66. The lowest BCUT2D eigenvalue weighted by Gasteiger charge is -2.03. The number of phenols is 1. The van der Waals surface area contributed by atoms with Crippen molar-refractivity contribution in [3.8, 4) is 5.75 Å². The molecule has 0 aliphatic rings. The Morgan fingerprint density at radius 2 is 2.00 bits per heavy atom. The third-order valence-corrected chi connectivity index (χ3v) is 1.90. The van der Waals surface area contributed by atoms with Gasteiger partial charge in [-0.3, -0.25) is 0 Å². The number of aromatic hydroxyl groups is 1. The smallest absolute Gasteiger partial charge is 0.240 e. The topological polar surface area (TPSA) is 49.7 Å². The van der Waals surface area contributed by atoms with Crippen molar-refractivity contribution in [1.82, 2.24) is 0 Å². The number of benzene rings is 1. The van der Waals surface area contributed by atoms with Gasteiger partial charge in [-0.1, -0.05) is 0 Å². The molecule has 1 aromatic rings. The van der Waals surface area contributed by atoms with Crippen molar-refractivity contribution in [3.63, 3.8) is 0 Å². The highest BCUT2D eigenvalue weighted by Gasteiger charge is 2.03. The Labute approximate surface area is 70.4 Å². The van der Waals surface area contributed by atoms with E-state index in [1.54, 1.807) is 19.9 Å². The summed E-state index contributed by atoms with van der Waals surface area (Å²) in [5.74, 6) is 0.220. The van der Waals surface area contributed by atoms with E-state index in [4.69, 9.17) is 0 Å². The normalized spacial score (nSPS) is 9.17. The van der Waals surface area contributed by atoms with Gasteiger partial charge in [0.15, 0.2) is 0 Å². The minimum atomic E-state index is 0.220. The summed E-state index contributed by atoms with van der Waals surface area (Å²) in [6.45, 7) is 3.57. The fourth-order valence-electron chi connectivity index (χ4n) is 0.962. The zero-order valence-corrected chi connectivity index (χ0v) is 6.96. The third kappa shape index (κ3) is 1.36. The standard InChI is InChI=1S/C9H9NO2/c1-6-7(2)9(12)4-3-8(6)10-5-11/h3-4,12H,1-2H3. The summed E-state index contributed by atoms with van der Waals surface area (Å²) in [7, 11) is 0. The summed E-state index contributed by atoms with van der Waals surface area (Å²) in [5.41, 5.74) is 2.10. The summed E-state index contributed by atoms with van der Waals surface area (Å²) >= 11 is 0. The maximum absolute atomic E-state index is 9.97. The third-order valence-electron chi connectivity index (χ3n) is 1.90. The van der Waals surface area contributed by atoms with Gasteiger partial charge < -0.3 is 5.11 Å². The van der Waals surface area contributed by atoms with E-state index in [9.17, 15) is 9.90 Å². The molecule has 0 heterocycles. The number of hydrogen-bond acceptors (Lipinski definition) is 3. The lowest BCUT2D eigenvalue weighted by atomic mass is 10.1. The molecule has 0 aromatic heterocycles. The molecule has 0 spiro atoms. The van der Waals surface area contributed by atoms with Gasteiger partial charge >= 0.3 is 0 Å². The number of nitrogens with zero attached hydrogens (tertiary/aromatic N) is 1. The second-order valence-electron chi connectivity index (χ2n) is 2.56. The minimum absolute atomic E-state index is 0.220. The molecule has 0 aliphatic carbocycles. The Hall–Kier alpha value is -1.60. The molecule has 0 saturated heterocycles. The molecule has 0 saturated carbocycles. The zero-order chi connectivity index (χ0) is 9.14. The predicted octanol–water partition coefficient (Wildman–Crippen LogP) is 1.98. The van der Waals surface area contributed by atoms with Crippen molar-refractivity contribution < 1.29 is 9.90 Å². The monoisotopic (exact) mass is 163 g/mol. The molecule has 12 heavy (non-hydrogen) atoms. The maximum Gasteiger partial charge on any atom is 0.240 e. The van der Waals surface area contributed by atoms with Gasteiger partial charge in [0.25, 0.3) is 0 Å². The van der Waals surface area contributed by atoms with Gasteiger partial charge in [0.2, 0.25) is 6.08 Å². The minimum Gasteiger partial charge on any atom is -0.508 e. The molecule has 3 nitrogen and oxygen atoms in total. The molecule has 0 fully saturated rings. The quantitative estimate of drug-likeness (QED) is 0.508. The number of aliphatic imine (C=N–C) groups is 1. The van der Waals surface area contributed by atoms with E-state index in [-0.39, 0.29) is 5.75 Å². The second kappa shape index (κ2) is 3.20. The average Bonchev–Trinajstić information content (AvgIpc) is 2.07. The lowest BCUT2D eigenvalue weighted by molar-refractivity contribution is 0.470. The van der Waals surface area contributed by atoms with Gasteiger partial charge in [0, 0.05) is 0 Å². The van der Waals surface area contributed by atoms with Gasteiger partial charge in [-0.25, -0.2) is 4.79 Å². The van der Waals surface area contributed by atoms with Crippen LogP contribution in [0.4, 0.5) is 5.69 Å². The summed E-state index contributed by atoms with van der Waals surface area (Å²) in [6, 6.07) is 3.10. The van der Waals surface area contributed by atoms with Crippen molar-refractivity contribution in [2.75, 3.05) is 0 Å². The van der Waals surface area contributed by atoms with E-state index in [1.807, 2.05) is 0 Å². The van der Waals surface area contributed by atoms with E-state index < -0.39 is 0 Å². The summed E-state index contributed by atoms with van der Waals surface area (Å²) in [6.07, 6.45) is 1.46. The number of phenolic OH excluding ortho intramolecular Hbond substituents is 1. The van der Waals surface area contributed by atoms with Crippen LogP contribution in [0, 0.1) is 13.8 Å². The van der Waals surface area contributed by atoms with E-state index >= 15 is 0 Å². The molecule has 0 radical (unpaired) electrons. The molecule has 0 amide bonds. The van der Waals surface area contributed by atoms with Crippen LogP contribution in [0.5, 0.6) is 5.75 Å². The van der Waals surface area contributed by atoms with Gasteiger partial charge in [-0.2, -0.15) is 4.99 Å². The lowest BCUT2D eigenvalue weighted by Crippen LogP contribution is -1.81. The van der Waals surface area contributed by atoms with Crippen LogP contribution in [0.1, 0.15) is 11.1 Å². The highest BCUT2D eigenvalue weighted by atomic mass is 16.3. The van der Waals surface area contributed by atoms with E-state index in [0.717, 1.165) is 11.1 Å². The highest BCUT2D eigenvalue weighted by Crippen LogP contribution is 2.27. The number of carbonyl (C=O) groups excluding carboxylic acids is 1. The van der Waals surface area contributed by atoms with Crippen molar-refractivity contribution in [3.05, 3.63) is 23.3 Å². The number of isocyanates is 1. The fraction of sp³-hybridized carbons (Fsp3) is 0.222. The van der Waals surface area contributed by atoms with Gasteiger partial charge in [-0.05, 0) is 37.1 Å². The Kier molecular flexibility index (Phi) is 2.26. The molecular weight excluding hydrogens is 154 g/mol. The zero-order valence-electron chi connectivity index (χ0n) is 6.96. The van der Waals surface area contributed by atoms with Crippen LogP contribution in [-0.4, -0.2) is 11.2 Å². The largest absolute Gasteiger partial charge is 0.508 e. The molecule has 62 valence electrons. The van der Waals surface area contributed by atoms with Gasteiger partial charge in [0.1, 0.15) is 5.75 Å². The Morgan fingerprint density at radius 3 is 2.58 bits per heavy atom. The molecule has 0 bridgehead atoms. The van der Waals surface area contributed by atoms with Crippen LogP contribution in [-0.2, 0) is 4.79 Å². The first-order valence-electron chi connectivity index (χ1n) is 3.54. The first-order valence-corrected chi connectivity index (χ1v) is 3.54. The van der Waals surface area contributed by atoms with E-state index in [2.05, 4.69) is 4.99 Å². The fourth-order valence-corrected chi connectivity index (χ4v) is 0.962. The SMILES string of the molecule is Cc1c(O)ccc(N=C=O)c1C. The van der Waals surface area contributed by atoms with Crippen LogP contribution in [0.2, 0.25) is 0 Å². The summed E-state index contributed by atoms with van der Waals surface area (Å²) in [4.78, 5) is 13.5. The van der Waals surface area contributed by atoms with Crippen LogP contribution in [0.3, 0.4) is 0 Å². The van der Waals surface area contributed by atoms with Crippen LogP contribution >= 0.6 is 0 Å². The number of hydrogen-bond donors (Lipinski definition) is 1. The molecule has 1 N–H and O–H groups in total. The molecule has 1 aromatic carbocycles. The molecule has 1 rings (SSSR count). The molecule has 0 atom stereocenters. The van der Waals surface area contributed by atoms with Crippen LogP contribution < -0.4 is 0 Å². The van der Waals surface area contributed by atoms with Crippen molar-refractivity contribution in [2.45, 2.75) is 13.8 Å². The Bertz CT molecular complexity index is 352. The van der Waals surface area contributed by atoms with Gasteiger partial charge in [0.05, 0.1) is 5.69 Å². The Morgan fingerprint density at radius 1 is 1.33 bits per heavy atom. The number of rotatable bonds is 1. The van der Waals surface area contributed by atoms with E-state index in [0.29, 0.717) is 5.69 Å². The highest BCUT2D eigenvalue weighted by molar-refractivity contribution is 5.58.